The number of aromatic nitrogens is 1. The van der Waals surface area contributed by atoms with Gasteiger partial charge in [-0.2, -0.15) is 13.2 Å². The number of hydrogen-bond donors (Lipinski definition) is 1. The maximum atomic E-state index is 12.5. The number of anilines is 2. The summed E-state index contributed by atoms with van der Waals surface area (Å²) in [5.41, 5.74) is 4.64. The highest BCUT2D eigenvalue weighted by Crippen LogP contribution is 2.34. The third-order valence-electron chi connectivity index (χ3n) is 2.59. The van der Waals surface area contributed by atoms with Crippen molar-refractivity contribution in [2.24, 2.45) is 0 Å². The Hall–Kier alpha value is -1.79. The van der Waals surface area contributed by atoms with Crippen LogP contribution in [0.15, 0.2) is 12.3 Å². The molecule has 0 atom stereocenters. The second-order valence-electron chi connectivity index (χ2n) is 3.78. The van der Waals surface area contributed by atoms with Gasteiger partial charge >= 0.3 is 6.18 Å². The first kappa shape index (κ1) is 11.7. The normalized spacial score (nSPS) is 16.6. The number of nitrogens with zero attached hydrogens (tertiary/aromatic N) is 2. The molecule has 0 unspecified atom stereocenters. The topological polar surface area (TPSA) is 59.2 Å². The van der Waals surface area contributed by atoms with Crippen LogP contribution in [0.3, 0.4) is 0 Å². The molecule has 2 heterocycles. The van der Waals surface area contributed by atoms with Crippen molar-refractivity contribution in [2.45, 2.75) is 19.0 Å². The first-order valence-electron chi connectivity index (χ1n) is 5.02. The van der Waals surface area contributed by atoms with Crippen LogP contribution >= 0.6 is 0 Å². The highest BCUT2D eigenvalue weighted by atomic mass is 19.4. The number of nitrogens with two attached hydrogens (primary N) is 1. The van der Waals surface area contributed by atoms with Gasteiger partial charge in [0, 0.05) is 19.2 Å². The molecule has 0 aromatic carbocycles. The molecule has 1 fully saturated rings. The zero-order valence-corrected chi connectivity index (χ0v) is 8.79. The quantitative estimate of drug-likeness (QED) is 0.820. The average molecular weight is 245 g/mol. The standard InChI is InChI=1S/C10H10F3N3O/c11-10(12,13)6-4-7(9(14)15-5-6)16-3-1-2-8(16)17/h4-5H,1-3H2,(H2,14,15). The van der Waals surface area contributed by atoms with E-state index in [9.17, 15) is 18.0 Å². The molecule has 17 heavy (non-hydrogen) atoms. The monoisotopic (exact) mass is 245 g/mol. The van der Waals surface area contributed by atoms with Crippen LogP contribution in [0.1, 0.15) is 18.4 Å². The number of hydrogen-bond acceptors (Lipinski definition) is 3. The lowest BCUT2D eigenvalue weighted by molar-refractivity contribution is -0.137. The van der Waals surface area contributed by atoms with Crippen molar-refractivity contribution in [3.8, 4) is 0 Å². The molecular weight excluding hydrogens is 235 g/mol. The summed E-state index contributed by atoms with van der Waals surface area (Å²) in [6.45, 7) is 0.381. The van der Waals surface area contributed by atoms with Crippen molar-refractivity contribution < 1.29 is 18.0 Å². The van der Waals surface area contributed by atoms with Gasteiger partial charge in [-0.05, 0) is 12.5 Å². The summed E-state index contributed by atoms with van der Waals surface area (Å²) in [5.74, 6) is -0.286. The molecule has 2 rings (SSSR count). The average Bonchev–Trinajstić information content (AvgIpc) is 2.63. The molecule has 7 heteroatoms. The van der Waals surface area contributed by atoms with Crippen LogP contribution in [0.25, 0.3) is 0 Å². The van der Waals surface area contributed by atoms with Crippen LogP contribution in [0.2, 0.25) is 0 Å². The molecule has 1 aliphatic rings. The number of alkyl halides is 3. The Kier molecular flexibility index (Phi) is 2.68. The molecular formula is C10H10F3N3O. The van der Waals surface area contributed by atoms with Crippen molar-refractivity contribution in [1.82, 2.24) is 4.98 Å². The molecule has 0 radical (unpaired) electrons. The van der Waals surface area contributed by atoms with Gasteiger partial charge in [0.25, 0.3) is 0 Å². The van der Waals surface area contributed by atoms with E-state index in [4.69, 9.17) is 5.73 Å². The number of pyridine rings is 1. The van der Waals surface area contributed by atoms with Gasteiger partial charge in [0.2, 0.25) is 5.91 Å². The Labute approximate surface area is 95.2 Å². The summed E-state index contributed by atoms with van der Waals surface area (Å²) < 4.78 is 37.5. The Bertz CT molecular complexity index is 459. The van der Waals surface area contributed by atoms with Gasteiger partial charge < -0.3 is 10.6 Å². The van der Waals surface area contributed by atoms with Gasteiger partial charge in [0.05, 0.1) is 11.3 Å². The van der Waals surface area contributed by atoms with E-state index in [0.717, 1.165) is 6.07 Å². The molecule has 1 aromatic heterocycles. The first-order chi connectivity index (χ1) is 7.89. The fourth-order valence-corrected chi connectivity index (χ4v) is 1.74. The Morgan fingerprint density at radius 3 is 2.65 bits per heavy atom. The van der Waals surface area contributed by atoms with Gasteiger partial charge in [-0.1, -0.05) is 0 Å². The molecule has 1 aromatic rings. The van der Waals surface area contributed by atoms with Gasteiger partial charge in [-0.15, -0.1) is 0 Å². The number of amides is 1. The lowest BCUT2D eigenvalue weighted by atomic mass is 10.2. The van der Waals surface area contributed by atoms with Crippen molar-refractivity contribution in [3.63, 3.8) is 0 Å². The second kappa shape index (κ2) is 3.90. The molecule has 1 aliphatic heterocycles. The fourth-order valence-electron chi connectivity index (χ4n) is 1.74. The molecule has 1 saturated heterocycles. The summed E-state index contributed by atoms with van der Waals surface area (Å²) in [6.07, 6.45) is -2.87. The van der Waals surface area contributed by atoms with Crippen LogP contribution in [-0.2, 0) is 11.0 Å². The Morgan fingerprint density at radius 2 is 2.12 bits per heavy atom. The van der Waals surface area contributed by atoms with E-state index in [-0.39, 0.29) is 17.4 Å². The van der Waals surface area contributed by atoms with Crippen LogP contribution < -0.4 is 10.6 Å². The van der Waals surface area contributed by atoms with Gasteiger partial charge in [0.15, 0.2) is 0 Å². The Morgan fingerprint density at radius 1 is 1.41 bits per heavy atom. The summed E-state index contributed by atoms with van der Waals surface area (Å²) >= 11 is 0. The van der Waals surface area contributed by atoms with E-state index in [1.807, 2.05) is 0 Å². The summed E-state index contributed by atoms with van der Waals surface area (Å²) in [6, 6.07) is 0.867. The maximum Gasteiger partial charge on any atom is 0.417 e. The third-order valence-corrected chi connectivity index (χ3v) is 2.59. The lowest BCUT2D eigenvalue weighted by Crippen LogP contribution is -2.25. The smallest absolute Gasteiger partial charge is 0.382 e. The highest BCUT2D eigenvalue weighted by Gasteiger charge is 2.33. The molecule has 92 valence electrons. The minimum absolute atomic E-state index is 0.0438. The van der Waals surface area contributed by atoms with Gasteiger partial charge in [0.1, 0.15) is 5.82 Å². The minimum atomic E-state index is -4.49. The first-order valence-corrected chi connectivity index (χ1v) is 5.02. The second-order valence-corrected chi connectivity index (χ2v) is 3.78. The third kappa shape index (κ3) is 2.17. The van der Waals surface area contributed by atoms with Crippen LogP contribution in [0, 0.1) is 0 Å². The highest BCUT2D eigenvalue weighted by molar-refractivity contribution is 5.97. The SMILES string of the molecule is Nc1ncc(C(F)(F)F)cc1N1CCCC1=O. The summed E-state index contributed by atoms with van der Waals surface area (Å²) in [7, 11) is 0. The summed E-state index contributed by atoms with van der Waals surface area (Å²) in [4.78, 5) is 16.2. The largest absolute Gasteiger partial charge is 0.417 e. The predicted octanol–water partition coefficient (Wildman–Crippen LogP) is 1.81. The number of rotatable bonds is 1. The Balaban J connectivity index is 2.42. The van der Waals surface area contributed by atoms with Crippen molar-refractivity contribution in [2.75, 3.05) is 17.2 Å². The molecule has 0 saturated carbocycles. The van der Waals surface area contributed by atoms with E-state index < -0.39 is 11.7 Å². The van der Waals surface area contributed by atoms with E-state index >= 15 is 0 Å². The van der Waals surface area contributed by atoms with Gasteiger partial charge in [-0.3, -0.25) is 4.79 Å². The fraction of sp³-hybridized carbons (Fsp3) is 0.400. The maximum absolute atomic E-state index is 12.5. The van der Waals surface area contributed by atoms with Gasteiger partial charge in [-0.25, -0.2) is 4.98 Å². The summed E-state index contributed by atoms with van der Waals surface area (Å²) in [5, 5.41) is 0. The molecule has 0 bridgehead atoms. The lowest BCUT2D eigenvalue weighted by Gasteiger charge is -2.18. The number of carbonyl (C=O) groups excluding carboxylic acids is 1. The van der Waals surface area contributed by atoms with E-state index in [2.05, 4.69) is 4.98 Å². The number of nitrogen functional groups attached to an aromatic ring is 1. The van der Waals surface area contributed by atoms with Crippen molar-refractivity contribution in [1.29, 1.82) is 0 Å². The molecule has 4 nitrogen and oxygen atoms in total. The van der Waals surface area contributed by atoms with E-state index in [1.165, 1.54) is 4.90 Å². The zero-order chi connectivity index (χ0) is 12.6. The van der Waals surface area contributed by atoms with E-state index in [0.29, 0.717) is 25.6 Å². The van der Waals surface area contributed by atoms with E-state index in [1.54, 1.807) is 0 Å². The molecule has 1 amide bonds. The number of carbonyl (C=O) groups is 1. The molecule has 2 N–H and O–H groups in total. The predicted molar refractivity (Wildman–Crippen MR) is 55.2 cm³/mol. The molecule has 0 aliphatic carbocycles. The number of halogens is 3. The van der Waals surface area contributed by atoms with Crippen LogP contribution in [-0.4, -0.2) is 17.4 Å². The van der Waals surface area contributed by atoms with Crippen molar-refractivity contribution in [3.05, 3.63) is 17.8 Å². The van der Waals surface area contributed by atoms with Crippen molar-refractivity contribution >= 4 is 17.4 Å². The van der Waals surface area contributed by atoms with Crippen LogP contribution in [0.5, 0.6) is 0 Å². The zero-order valence-electron chi connectivity index (χ0n) is 8.79. The minimum Gasteiger partial charge on any atom is -0.382 e. The molecule has 0 spiro atoms. The van der Waals surface area contributed by atoms with Crippen LogP contribution in [0.4, 0.5) is 24.7 Å².